The number of para-hydroxylation sites is 1. The molecule has 0 aliphatic carbocycles. The van der Waals surface area contributed by atoms with Gasteiger partial charge in [0.1, 0.15) is 0 Å². The van der Waals surface area contributed by atoms with Crippen molar-refractivity contribution < 1.29 is 9.47 Å². The smallest absolute Gasteiger partial charge is 0.0700 e. The Morgan fingerprint density at radius 2 is 2.00 bits per heavy atom. The van der Waals surface area contributed by atoms with Crippen LogP contribution in [0.25, 0.3) is 10.9 Å². The third-order valence-electron chi connectivity index (χ3n) is 3.31. The second kappa shape index (κ2) is 8.74. The Morgan fingerprint density at radius 3 is 2.90 bits per heavy atom. The van der Waals surface area contributed by atoms with Gasteiger partial charge in [-0.05, 0) is 31.0 Å². The molecular weight excluding hydrogens is 252 g/mol. The van der Waals surface area contributed by atoms with Crippen LogP contribution in [0, 0.1) is 0 Å². The summed E-state index contributed by atoms with van der Waals surface area (Å²) in [5, 5.41) is 4.79. The summed E-state index contributed by atoms with van der Waals surface area (Å²) >= 11 is 0. The molecule has 0 saturated carbocycles. The van der Waals surface area contributed by atoms with Crippen LogP contribution in [-0.2, 0) is 16.0 Å². The number of fused-ring (bicyclic) bond motifs is 1. The van der Waals surface area contributed by atoms with Crippen LogP contribution >= 0.6 is 0 Å². The Balaban J connectivity index is 1.57. The van der Waals surface area contributed by atoms with E-state index in [1.165, 1.54) is 16.5 Å². The molecule has 0 aliphatic rings. The number of aromatic amines is 1. The highest BCUT2D eigenvalue weighted by Crippen LogP contribution is 2.17. The summed E-state index contributed by atoms with van der Waals surface area (Å²) in [4.78, 5) is 3.30. The number of H-pyrrole nitrogens is 1. The Labute approximate surface area is 120 Å². The molecule has 2 aromatic rings. The minimum atomic E-state index is 0.679. The van der Waals surface area contributed by atoms with E-state index in [-0.39, 0.29) is 0 Å². The fourth-order valence-corrected chi connectivity index (χ4v) is 2.20. The van der Waals surface area contributed by atoms with Gasteiger partial charge in [-0.3, -0.25) is 0 Å². The first kappa shape index (κ1) is 15.0. The summed E-state index contributed by atoms with van der Waals surface area (Å²) in [5.41, 5.74) is 2.53. The monoisotopic (exact) mass is 276 g/mol. The molecule has 110 valence electrons. The van der Waals surface area contributed by atoms with Gasteiger partial charge in [-0.15, -0.1) is 0 Å². The number of hydrogen-bond donors (Lipinski definition) is 2. The SMILES string of the molecule is COCCOCCCCNCc1c[nH]c2ccccc12. The van der Waals surface area contributed by atoms with E-state index >= 15 is 0 Å². The van der Waals surface area contributed by atoms with Gasteiger partial charge in [0.15, 0.2) is 0 Å². The Morgan fingerprint density at radius 1 is 1.10 bits per heavy atom. The highest BCUT2D eigenvalue weighted by molar-refractivity contribution is 5.82. The van der Waals surface area contributed by atoms with Gasteiger partial charge in [-0.1, -0.05) is 18.2 Å². The molecule has 1 aromatic heterocycles. The first-order valence-electron chi connectivity index (χ1n) is 7.24. The van der Waals surface area contributed by atoms with Gasteiger partial charge in [-0.25, -0.2) is 0 Å². The van der Waals surface area contributed by atoms with Gasteiger partial charge < -0.3 is 19.8 Å². The minimum absolute atomic E-state index is 0.679. The second-order valence-electron chi connectivity index (χ2n) is 4.85. The lowest BCUT2D eigenvalue weighted by Gasteiger charge is -2.05. The molecule has 1 aromatic carbocycles. The molecule has 0 amide bonds. The van der Waals surface area contributed by atoms with E-state index in [1.54, 1.807) is 7.11 Å². The zero-order valence-electron chi connectivity index (χ0n) is 12.2. The first-order chi connectivity index (χ1) is 9.92. The summed E-state index contributed by atoms with van der Waals surface area (Å²) in [6.45, 7) is 4.12. The number of ether oxygens (including phenoxy) is 2. The third kappa shape index (κ3) is 4.63. The molecule has 0 radical (unpaired) electrons. The topological polar surface area (TPSA) is 46.3 Å². The molecule has 20 heavy (non-hydrogen) atoms. The second-order valence-corrected chi connectivity index (χ2v) is 4.85. The molecule has 0 saturated heterocycles. The highest BCUT2D eigenvalue weighted by atomic mass is 16.5. The zero-order valence-corrected chi connectivity index (χ0v) is 12.2. The zero-order chi connectivity index (χ0) is 14.0. The number of aromatic nitrogens is 1. The molecule has 0 spiro atoms. The lowest BCUT2D eigenvalue weighted by molar-refractivity contribution is 0.0688. The number of unbranched alkanes of at least 4 members (excludes halogenated alkanes) is 1. The molecule has 0 atom stereocenters. The number of nitrogens with one attached hydrogen (secondary N) is 2. The Kier molecular flexibility index (Phi) is 6.57. The van der Waals surface area contributed by atoms with Crippen LogP contribution in [0.3, 0.4) is 0 Å². The van der Waals surface area contributed by atoms with E-state index in [0.29, 0.717) is 13.2 Å². The van der Waals surface area contributed by atoms with Crippen molar-refractivity contribution in [2.45, 2.75) is 19.4 Å². The molecule has 2 N–H and O–H groups in total. The molecular formula is C16H24N2O2. The molecule has 2 rings (SSSR count). The normalized spacial score (nSPS) is 11.2. The summed E-state index contributed by atoms with van der Waals surface area (Å²) in [7, 11) is 1.69. The number of methoxy groups -OCH3 is 1. The van der Waals surface area contributed by atoms with E-state index in [2.05, 4.69) is 40.8 Å². The average Bonchev–Trinajstić information content (AvgIpc) is 2.89. The van der Waals surface area contributed by atoms with Crippen LogP contribution in [0.4, 0.5) is 0 Å². The Hall–Kier alpha value is -1.36. The molecule has 0 aliphatic heterocycles. The van der Waals surface area contributed by atoms with Gasteiger partial charge in [0.05, 0.1) is 13.2 Å². The van der Waals surface area contributed by atoms with Crippen LogP contribution in [0.15, 0.2) is 30.5 Å². The Bertz CT molecular complexity index is 496. The van der Waals surface area contributed by atoms with Crippen molar-refractivity contribution in [3.8, 4) is 0 Å². The van der Waals surface area contributed by atoms with Crippen molar-refractivity contribution in [1.29, 1.82) is 0 Å². The lowest BCUT2D eigenvalue weighted by Crippen LogP contribution is -2.15. The molecule has 0 fully saturated rings. The van der Waals surface area contributed by atoms with E-state index in [9.17, 15) is 0 Å². The summed E-state index contributed by atoms with van der Waals surface area (Å²) in [5.74, 6) is 0. The van der Waals surface area contributed by atoms with Crippen LogP contribution in [0.2, 0.25) is 0 Å². The fraction of sp³-hybridized carbons (Fsp3) is 0.500. The maximum atomic E-state index is 5.43. The molecule has 1 heterocycles. The number of benzene rings is 1. The van der Waals surface area contributed by atoms with E-state index in [0.717, 1.165) is 32.5 Å². The van der Waals surface area contributed by atoms with Gasteiger partial charge in [0, 0.05) is 37.4 Å². The maximum absolute atomic E-state index is 5.43. The van der Waals surface area contributed by atoms with Gasteiger partial charge >= 0.3 is 0 Å². The van der Waals surface area contributed by atoms with E-state index < -0.39 is 0 Å². The predicted molar refractivity (Wildman–Crippen MR) is 81.9 cm³/mol. The first-order valence-corrected chi connectivity index (χ1v) is 7.24. The quantitative estimate of drug-likeness (QED) is 0.656. The van der Waals surface area contributed by atoms with Crippen molar-refractivity contribution in [1.82, 2.24) is 10.3 Å². The van der Waals surface area contributed by atoms with Crippen LogP contribution < -0.4 is 5.32 Å². The number of hydrogen-bond acceptors (Lipinski definition) is 3. The largest absolute Gasteiger partial charge is 0.382 e. The maximum Gasteiger partial charge on any atom is 0.0700 e. The summed E-state index contributed by atoms with van der Waals surface area (Å²) in [6.07, 6.45) is 4.31. The van der Waals surface area contributed by atoms with Gasteiger partial charge in [0.25, 0.3) is 0 Å². The van der Waals surface area contributed by atoms with Crippen molar-refractivity contribution in [3.63, 3.8) is 0 Å². The summed E-state index contributed by atoms with van der Waals surface area (Å²) < 4.78 is 10.3. The van der Waals surface area contributed by atoms with Crippen LogP contribution in [0.1, 0.15) is 18.4 Å². The van der Waals surface area contributed by atoms with Crippen molar-refractivity contribution in [3.05, 3.63) is 36.0 Å². The van der Waals surface area contributed by atoms with Crippen LogP contribution in [-0.4, -0.2) is 38.5 Å². The van der Waals surface area contributed by atoms with E-state index in [4.69, 9.17) is 9.47 Å². The minimum Gasteiger partial charge on any atom is -0.382 e. The molecule has 0 bridgehead atoms. The number of rotatable bonds is 10. The fourth-order valence-electron chi connectivity index (χ4n) is 2.20. The highest BCUT2D eigenvalue weighted by Gasteiger charge is 2.01. The molecule has 0 unspecified atom stereocenters. The molecule has 4 nitrogen and oxygen atoms in total. The molecule has 4 heteroatoms. The predicted octanol–water partition coefficient (Wildman–Crippen LogP) is 2.70. The van der Waals surface area contributed by atoms with Crippen molar-refractivity contribution in [2.75, 3.05) is 33.5 Å². The van der Waals surface area contributed by atoms with Gasteiger partial charge in [0.2, 0.25) is 0 Å². The summed E-state index contributed by atoms with van der Waals surface area (Å²) in [6, 6.07) is 8.40. The van der Waals surface area contributed by atoms with E-state index in [1.807, 2.05) is 0 Å². The standard InChI is InChI=1S/C16H24N2O2/c1-19-10-11-20-9-5-4-8-17-12-14-13-18-16-7-3-2-6-15(14)16/h2-3,6-7,13,17-18H,4-5,8-12H2,1H3. The van der Waals surface area contributed by atoms with Crippen molar-refractivity contribution in [2.24, 2.45) is 0 Å². The average molecular weight is 276 g/mol. The lowest BCUT2D eigenvalue weighted by atomic mass is 10.2. The van der Waals surface area contributed by atoms with Gasteiger partial charge in [-0.2, -0.15) is 0 Å². The van der Waals surface area contributed by atoms with Crippen LogP contribution in [0.5, 0.6) is 0 Å². The third-order valence-corrected chi connectivity index (χ3v) is 3.31. The van der Waals surface area contributed by atoms with Crippen molar-refractivity contribution >= 4 is 10.9 Å².